The first kappa shape index (κ1) is 14.3. The molecule has 0 heterocycles. The van der Waals surface area contributed by atoms with Crippen LogP contribution in [0.25, 0.3) is 0 Å². The largest absolute Gasteiger partial charge is 0.478 e. The van der Waals surface area contributed by atoms with E-state index in [1.54, 1.807) is 12.1 Å². The van der Waals surface area contributed by atoms with Gasteiger partial charge in [0.2, 0.25) is 5.91 Å². The van der Waals surface area contributed by atoms with Crippen LogP contribution in [0.1, 0.15) is 42.5 Å². The molecule has 1 saturated carbocycles. The number of rotatable bonds is 3. The SMILES string of the molecule is O=C(O)c1ccc(I)c(NC(=O)C2CCCCC2)c1. The van der Waals surface area contributed by atoms with Crippen molar-refractivity contribution in [1.29, 1.82) is 0 Å². The number of nitrogens with one attached hydrogen (secondary N) is 1. The van der Waals surface area contributed by atoms with Crippen LogP contribution in [-0.2, 0) is 4.79 Å². The molecule has 0 radical (unpaired) electrons. The first-order valence-electron chi connectivity index (χ1n) is 6.41. The fraction of sp³-hybridized carbons (Fsp3) is 0.429. The number of hydrogen-bond acceptors (Lipinski definition) is 2. The third kappa shape index (κ3) is 3.68. The van der Waals surface area contributed by atoms with Gasteiger partial charge in [0.1, 0.15) is 0 Å². The highest BCUT2D eigenvalue weighted by atomic mass is 127. The zero-order chi connectivity index (χ0) is 13.8. The Hall–Kier alpha value is -1.11. The van der Waals surface area contributed by atoms with Gasteiger partial charge in [0.25, 0.3) is 0 Å². The molecule has 19 heavy (non-hydrogen) atoms. The Morgan fingerprint density at radius 2 is 1.89 bits per heavy atom. The zero-order valence-corrected chi connectivity index (χ0v) is 12.6. The van der Waals surface area contributed by atoms with Crippen molar-refractivity contribution in [1.82, 2.24) is 0 Å². The third-order valence-corrected chi connectivity index (χ3v) is 4.39. The predicted molar refractivity (Wildman–Crippen MR) is 81.3 cm³/mol. The Labute approximate surface area is 125 Å². The van der Waals surface area contributed by atoms with E-state index in [9.17, 15) is 9.59 Å². The molecule has 5 heteroatoms. The van der Waals surface area contributed by atoms with Crippen molar-refractivity contribution >= 4 is 40.2 Å². The molecule has 0 atom stereocenters. The summed E-state index contributed by atoms with van der Waals surface area (Å²) in [5.74, 6) is -0.900. The minimum absolute atomic E-state index is 0.0140. The van der Waals surface area contributed by atoms with Crippen LogP contribution in [0.2, 0.25) is 0 Å². The number of aromatic carboxylic acids is 1. The number of hydrogen-bond donors (Lipinski definition) is 2. The molecule has 0 saturated heterocycles. The molecule has 1 aliphatic carbocycles. The molecule has 0 bridgehead atoms. The molecular weight excluding hydrogens is 357 g/mol. The molecule has 1 aromatic carbocycles. The zero-order valence-electron chi connectivity index (χ0n) is 10.5. The highest BCUT2D eigenvalue weighted by molar-refractivity contribution is 14.1. The van der Waals surface area contributed by atoms with Crippen LogP contribution in [0.15, 0.2) is 18.2 Å². The van der Waals surface area contributed by atoms with Crippen LogP contribution in [0.3, 0.4) is 0 Å². The van der Waals surface area contributed by atoms with Gasteiger partial charge in [-0.05, 0) is 53.6 Å². The first-order chi connectivity index (χ1) is 9.08. The summed E-state index contributed by atoms with van der Waals surface area (Å²) in [6.45, 7) is 0. The number of anilines is 1. The average Bonchev–Trinajstić information content (AvgIpc) is 2.42. The molecule has 0 aliphatic heterocycles. The molecule has 0 spiro atoms. The van der Waals surface area contributed by atoms with Crippen molar-refractivity contribution in [3.8, 4) is 0 Å². The highest BCUT2D eigenvalue weighted by Gasteiger charge is 2.21. The van der Waals surface area contributed by atoms with E-state index in [-0.39, 0.29) is 17.4 Å². The van der Waals surface area contributed by atoms with Crippen molar-refractivity contribution < 1.29 is 14.7 Å². The summed E-state index contributed by atoms with van der Waals surface area (Å²) in [4.78, 5) is 23.1. The van der Waals surface area contributed by atoms with Crippen LogP contribution in [0, 0.1) is 9.49 Å². The minimum atomic E-state index is -0.982. The molecule has 0 aromatic heterocycles. The van der Waals surface area contributed by atoms with Crippen LogP contribution in [-0.4, -0.2) is 17.0 Å². The van der Waals surface area contributed by atoms with E-state index < -0.39 is 5.97 Å². The normalized spacial score (nSPS) is 16.1. The fourth-order valence-corrected chi connectivity index (χ4v) is 2.82. The lowest BCUT2D eigenvalue weighted by molar-refractivity contribution is -0.120. The summed E-state index contributed by atoms with van der Waals surface area (Å²) in [5, 5.41) is 11.8. The van der Waals surface area contributed by atoms with Gasteiger partial charge in [-0.15, -0.1) is 0 Å². The summed E-state index contributed by atoms with van der Waals surface area (Å²) in [6.07, 6.45) is 5.27. The van der Waals surface area contributed by atoms with Crippen LogP contribution >= 0.6 is 22.6 Å². The lowest BCUT2D eigenvalue weighted by atomic mass is 9.88. The Balaban J connectivity index is 2.11. The second kappa shape index (κ2) is 6.36. The molecule has 1 aromatic rings. The second-order valence-electron chi connectivity index (χ2n) is 4.82. The van der Waals surface area contributed by atoms with Gasteiger partial charge in [0.15, 0.2) is 0 Å². The predicted octanol–water partition coefficient (Wildman–Crippen LogP) is 3.51. The summed E-state index contributed by atoms with van der Waals surface area (Å²) >= 11 is 2.10. The van der Waals surface area contributed by atoms with Gasteiger partial charge in [-0.1, -0.05) is 19.3 Å². The Morgan fingerprint density at radius 3 is 2.53 bits per heavy atom. The van der Waals surface area contributed by atoms with Gasteiger partial charge < -0.3 is 10.4 Å². The number of benzene rings is 1. The Bertz CT molecular complexity index is 495. The molecular formula is C14H16INO3. The first-order valence-corrected chi connectivity index (χ1v) is 7.49. The van der Waals surface area contributed by atoms with E-state index in [1.165, 1.54) is 12.5 Å². The fourth-order valence-electron chi connectivity index (χ4n) is 2.35. The van der Waals surface area contributed by atoms with Gasteiger partial charge >= 0.3 is 5.97 Å². The maximum absolute atomic E-state index is 12.1. The van der Waals surface area contributed by atoms with E-state index >= 15 is 0 Å². The van der Waals surface area contributed by atoms with Gasteiger partial charge in [-0.25, -0.2) is 4.79 Å². The molecule has 1 fully saturated rings. The maximum Gasteiger partial charge on any atom is 0.335 e. The highest BCUT2D eigenvalue weighted by Crippen LogP contribution is 2.26. The van der Waals surface area contributed by atoms with E-state index in [4.69, 9.17) is 5.11 Å². The van der Waals surface area contributed by atoms with Gasteiger partial charge in [0, 0.05) is 9.49 Å². The van der Waals surface area contributed by atoms with Gasteiger partial charge in [-0.2, -0.15) is 0 Å². The van der Waals surface area contributed by atoms with Crippen molar-refractivity contribution in [2.45, 2.75) is 32.1 Å². The molecule has 102 valence electrons. The Morgan fingerprint density at radius 1 is 1.21 bits per heavy atom. The monoisotopic (exact) mass is 373 g/mol. The standard InChI is InChI=1S/C14H16INO3/c15-11-7-6-10(14(18)19)8-12(11)16-13(17)9-4-2-1-3-5-9/h6-9H,1-5H2,(H,16,17)(H,18,19). The molecule has 2 N–H and O–H groups in total. The van der Waals surface area contributed by atoms with E-state index in [2.05, 4.69) is 27.9 Å². The van der Waals surface area contributed by atoms with Gasteiger partial charge in [0.05, 0.1) is 11.3 Å². The molecule has 4 nitrogen and oxygen atoms in total. The molecule has 2 rings (SSSR count). The molecule has 1 amide bonds. The number of carbonyl (C=O) groups excluding carboxylic acids is 1. The summed E-state index contributed by atoms with van der Waals surface area (Å²) in [6, 6.07) is 4.77. The van der Waals surface area contributed by atoms with E-state index in [1.807, 2.05) is 0 Å². The quantitative estimate of drug-likeness (QED) is 0.797. The van der Waals surface area contributed by atoms with Crippen LogP contribution in [0.4, 0.5) is 5.69 Å². The number of carboxylic acid groups (broad SMARTS) is 1. The smallest absolute Gasteiger partial charge is 0.335 e. The minimum Gasteiger partial charge on any atom is -0.478 e. The topological polar surface area (TPSA) is 66.4 Å². The summed E-state index contributed by atoms with van der Waals surface area (Å²) in [7, 11) is 0. The molecule has 0 unspecified atom stereocenters. The summed E-state index contributed by atoms with van der Waals surface area (Å²) < 4.78 is 0.853. The number of carboxylic acids is 1. The lowest BCUT2D eigenvalue weighted by Crippen LogP contribution is -2.25. The third-order valence-electron chi connectivity index (χ3n) is 3.45. The van der Waals surface area contributed by atoms with E-state index in [0.717, 1.165) is 29.3 Å². The number of carbonyl (C=O) groups is 2. The van der Waals surface area contributed by atoms with Crippen LogP contribution < -0.4 is 5.32 Å². The van der Waals surface area contributed by atoms with E-state index in [0.29, 0.717) is 5.69 Å². The number of halogens is 1. The van der Waals surface area contributed by atoms with Crippen LogP contribution in [0.5, 0.6) is 0 Å². The average molecular weight is 373 g/mol. The van der Waals surface area contributed by atoms with Crippen molar-refractivity contribution in [3.63, 3.8) is 0 Å². The van der Waals surface area contributed by atoms with Crippen molar-refractivity contribution in [2.24, 2.45) is 5.92 Å². The second-order valence-corrected chi connectivity index (χ2v) is 5.99. The maximum atomic E-state index is 12.1. The van der Waals surface area contributed by atoms with Crippen molar-refractivity contribution in [3.05, 3.63) is 27.3 Å². The molecule has 1 aliphatic rings. The van der Waals surface area contributed by atoms with Gasteiger partial charge in [-0.3, -0.25) is 4.79 Å². The van der Waals surface area contributed by atoms with Crippen molar-refractivity contribution in [2.75, 3.05) is 5.32 Å². The number of amides is 1. The summed E-state index contributed by atoms with van der Waals surface area (Å²) in [5.41, 5.74) is 0.787. The lowest BCUT2D eigenvalue weighted by Gasteiger charge is -2.21. The Kier molecular flexibility index (Phi) is 4.79.